The van der Waals surface area contributed by atoms with E-state index in [4.69, 9.17) is 4.74 Å². The fourth-order valence-electron chi connectivity index (χ4n) is 2.92. The lowest BCUT2D eigenvalue weighted by molar-refractivity contribution is -0.138. The summed E-state index contributed by atoms with van der Waals surface area (Å²) in [5.41, 5.74) is 2.66. The SMILES string of the molecule is COC(=O)C=C(NC1=NC2=[N+]=C(C)C=C(C)N2N1Cc1ccccc1)C(=O)OC. The van der Waals surface area contributed by atoms with Crippen molar-refractivity contribution in [3.63, 3.8) is 0 Å². The van der Waals surface area contributed by atoms with Gasteiger partial charge in [-0.3, -0.25) is 0 Å². The van der Waals surface area contributed by atoms with Gasteiger partial charge in [-0.1, -0.05) is 30.3 Å². The highest BCUT2D eigenvalue weighted by molar-refractivity contribution is 6.08. The van der Waals surface area contributed by atoms with Crippen molar-refractivity contribution in [3.05, 3.63) is 59.4 Å². The Kier molecular flexibility index (Phi) is 5.80. The number of esters is 2. The minimum absolute atomic E-state index is 0.0982. The van der Waals surface area contributed by atoms with Crippen molar-refractivity contribution in [3.8, 4) is 0 Å². The van der Waals surface area contributed by atoms with E-state index in [0.29, 0.717) is 18.5 Å². The first-order valence-electron chi connectivity index (χ1n) is 8.88. The molecule has 0 bridgehead atoms. The molecular formula is C20H22N5O4+. The van der Waals surface area contributed by atoms with E-state index in [2.05, 4.69) is 19.7 Å². The van der Waals surface area contributed by atoms with Gasteiger partial charge in [0.25, 0.3) is 0 Å². The van der Waals surface area contributed by atoms with Crippen LogP contribution in [0.5, 0.6) is 0 Å². The highest BCUT2D eigenvalue weighted by Crippen LogP contribution is 2.21. The molecular weight excluding hydrogens is 374 g/mol. The Hall–Kier alpha value is -3.84. The molecule has 9 heteroatoms. The molecule has 3 rings (SSSR count). The molecule has 0 saturated carbocycles. The van der Waals surface area contributed by atoms with Crippen LogP contribution in [-0.2, 0) is 25.6 Å². The molecule has 0 spiro atoms. The van der Waals surface area contributed by atoms with Crippen molar-refractivity contribution in [2.24, 2.45) is 4.99 Å². The normalized spacial score (nSPS) is 15.7. The van der Waals surface area contributed by atoms with Crippen LogP contribution in [-0.4, -0.2) is 53.8 Å². The first kappa shape index (κ1) is 19.9. The summed E-state index contributed by atoms with van der Waals surface area (Å²) in [6, 6.07) is 9.79. The Morgan fingerprint density at radius 3 is 2.55 bits per heavy atom. The fraction of sp³-hybridized carbons (Fsp3) is 0.250. The van der Waals surface area contributed by atoms with Gasteiger partial charge < -0.3 is 14.8 Å². The molecule has 2 aliphatic heterocycles. The van der Waals surface area contributed by atoms with E-state index in [0.717, 1.165) is 23.0 Å². The highest BCUT2D eigenvalue weighted by atomic mass is 16.5. The number of nitrogens with zero attached hydrogens (tertiary/aromatic N) is 4. The zero-order chi connectivity index (χ0) is 21.0. The van der Waals surface area contributed by atoms with Crippen LogP contribution in [0.25, 0.3) is 0 Å². The molecule has 1 aromatic carbocycles. The Balaban J connectivity index is 1.99. The first-order valence-corrected chi connectivity index (χ1v) is 8.88. The van der Waals surface area contributed by atoms with E-state index in [-0.39, 0.29) is 5.70 Å². The number of nitrogens with one attached hydrogen (secondary N) is 1. The van der Waals surface area contributed by atoms with Crippen LogP contribution in [0.4, 0.5) is 0 Å². The third-order valence-corrected chi connectivity index (χ3v) is 4.20. The van der Waals surface area contributed by atoms with E-state index in [1.54, 1.807) is 0 Å². The van der Waals surface area contributed by atoms with Gasteiger partial charge in [-0.05, 0) is 17.5 Å². The predicted octanol–water partition coefficient (Wildman–Crippen LogP) is 0.696. The molecule has 0 radical (unpaired) electrons. The zero-order valence-electron chi connectivity index (χ0n) is 16.7. The molecule has 150 valence electrons. The molecule has 0 fully saturated rings. The van der Waals surface area contributed by atoms with Crippen LogP contribution < -0.4 is 9.98 Å². The third kappa shape index (κ3) is 4.36. The van der Waals surface area contributed by atoms with Crippen molar-refractivity contribution in [2.45, 2.75) is 20.4 Å². The smallest absolute Gasteiger partial charge is 0.466 e. The lowest BCUT2D eigenvalue weighted by Crippen LogP contribution is -2.48. The van der Waals surface area contributed by atoms with Crippen LogP contribution in [0.1, 0.15) is 19.4 Å². The number of aliphatic imine (C=N–C) groups is 1. The summed E-state index contributed by atoms with van der Waals surface area (Å²) >= 11 is 0. The number of hydrazine groups is 1. The van der Waals surface area contributed by atoms with Crippen LogP contribution >= 0.6 is 0 Å². The number of hydrogen-bond donors (Lipinski definition) is 1. The minimum Gasteiger partial charge on any atom is -0.466 e. The number of allylic oxidation sites excluding steroid dienone is 2. The average Bonchev–Trinajstić information content (AvgIpc) is 3.04. The summed E-state index contributed by atoms with van der Waals surface area (Å²) in [6.45, 7) is 4.29. The zero-order valence-corrected chi connectivity index (χ0v) is 16.7. The number of fused-ring (bicyclic) bond motifs is 1. The number of methoxy groups -OCH3 is 2. The van der Waals surface area contributed by atoms with Gasteiger partial charge in [0.15, 0.2) is 5.71 Å². The summed E-state index contributed by atoms with van der Waals surface area (Å²) in [7, 11) is 2.45. The molecule has 9 nitrogen and oxygen atoms in total. The van der Waals surface area contributed by atoms with Crippen LogP contribution in [0.2, 0.25) is 0 Å². The number of guanidine groups is 2. The number of ether oxygens (including phenoxy) is 2. The third-order valence-electron chi connectivity index (χ3n) is 4.20. The monoisotopic (exact) mass is 396 g/mol. The quantitative estimate of drug-likeness (QED) is 0.444. The number of rotatable bonds is 5. The van der Waals surface area contributed by atoms with Gasteiger partial charge in [-0.2, -0.15) is 5.01 Å². The van der Waals surface area contributed by atoms with Crippen molar-refractivity contribution in [1.29, 1.82) is 0 Å². The summed E-state index contributed by atoms with van der Waals surface area (Å²) in [5.74, 6) is -0.625. The van der Waals surface area contributed by atoms with Gasteiger partial charge >= 0.3 is 23.9 Å². The maximum atomic E-state index is 12.2. The van der Waals surface area contributed by atoms with E-state index < -0.39 is 11.9 Å². The van der Waals surface area contributed by atoms with Gasteiger partial charge in [-0.25, -0.2) is 14.3 Å². The largest absolute Gasteiger partial charge is 0.513 e. The summed E-state index contributed by atoms with van der Waals surface area (Å²) < 4.78 is 13.9. The van der Waals surface area contributed by atoms with Crippen molar-refractivity contribution >= 4 is 29.6 Å². The Labute approximate surface area is 168 Å². The second-order valence-electron chi connectivity index (χ2n) is 6.33. The predicted molar refractivity (Wildman–Crippen MR) is 108 cm³/mol. The summed E-state index contributed by atoms with van der Waals surface area (Å²) in [5, 5.41) is 6.57. The molecule has 0 unspecified atom stereocenters. The topological polar surface area (TPSA) is 97.6 Å². The van der Waals surface area contributed by atoms with Crippen LogP contribution in [0, 0.1) is 0 Å². The molecule has 0 aromatic heterocycles. The van der Waals surface area contributed by atoms with Gasteiger partial charge in [0.2, 0.25) is 0 Å². The van der Waals surface area contributed by atoms with E-state index in [9.17, 15) is 9.59 Å². The van der Waals surface area contributed by atoms with Gasteiger partial charge in [-0.15, -0.1) is 5.01 Å². The minimum atomic E-state index is -0.723. The average molecular weight is 396 g/mol. The summed E-state index contributed by atoms with van der Waals surface area (Å²) in [6.07, 6.45) is 2.96. The molecule has 2 aliphatic rings. The highest BCUT2D eigenvalue weighted by Gasteiger charge is 2.44. The molecule has 29 heavy (non-hydrogen) atoms. The molecule has 2 heterocycles. The van der Waals surface area contributed by atoms with E-state index in [1.807, 2.05) is 60.3 Å². The van der Waals surface area contributed by atoms with Gasteiger partial charge in [0.05, 0.1) is 26.8 Å². The molecule has 1 aromatic rings. The number of carbonyl (C=O) groups excluding carboxylic acids is 2. The second kappa shape index (κ2) is 8.45. The van der Waals surface area contributed by atoms with Crippen molar-refractivity contribution < 1.29 is 19.1 Å². The molecule has 0 amide bonds. The Morgan fingerprint density at radius 2 is 1.90 bits per heavy atom. The van der Waals surface area contributed by atoms with Crippen molar-refractivity contribution in [2.75, 3.05) is 14.2 Å². The molecule has 1 N–H and O–H groups in total. The second-order valence-corrected chi connectivity index (χ2v) is 6.33. The van der Waals surface area contributed by atoms with E-state index in [1.165, 1.54) is 14.2 Å². The maximum absolute atomic E-state index is 12.2. The van der Waals surface area contributed by atoms with Gasteiger partial charge in [0, 0.05) is 13.0 Å². The number of carbonyl (C=O) groups is 2. The first-order chi connectivity index (χ1) is 13.9. The molecule has 0 atom stereocenters. The maximum Gasteiger partial charge on any atom is 0.513 e. The Bertz CT molecular complexity index is 987. The van der Waals surface area contributed by atoms with E-state index >= 15 is 0 Å². The van der Waals surface area contributed by atoms with Gasteiger partial charge in [0.1, 0.15) is 11.4 Å². The standard InChI is InChI=1S/C20H21N5O4/c1-13-10-14(2)25-20(21-13)23-19(24(25)12-15-8-6-5-7-9-15)22-16(18(27)29-4)11-17(26)28-3/h5-11H,12H2,1-4H3/p+1. The number of benzene rings is 1. The lowest BCUT2D eigenvalue weighted by atomic mass is 10.2. The van der Waals surface area contributed by atoms with Crippen LogP contribution in [0.15, 0.2) is 58.9 Å². The summed E-state index contributed by atoms with van der Waals surface area (Å²) in [4.78, 5) is 28.4. The van der Waals surface area contributed by atoms with Crippen molar-refractivity contribution in [1.82, 2.24) is 20.0 Å². The fourth-order valence-corrected chi connectivity index (χ4v) is 2.92. The molecule has 0 saturated heterocycles. The van der Waals surface area contributed by atoms with Crippen LogP contribution in [0.3, 0.4) is 0 Å². The Morgan fingerprint density at radius 1 is 1.17 bits per heavy atom. The molecule has 0 aliphatic carbocycles. The lowest BCUT2D eigenvalue weighted by Gasteiger charge is -2.25. The number of hydrogen-bond acceptors (Lipinski definition) is 8.